The van der Waals surface area contributed by atoms with Crippen molar-refractivity contribution in [1.82, 2.24) is 10.2 Å². The van der Waals surface area contributed by atoms with Gasteiger partial charge in [-0.1, -0.05) is 30.3 Å². The summed E-state index contributed by atoms with van der Waals surface area (Å²) in [7, 11) is 0. The van der Waals surface area contributed by atoms with E-state index >= 15 is 0 Å². The number of hydrogen-bond donors (Lipinski definition) is 1. The molecule has 1 saturated heterocycles. The topological polar surface area (TPSA) is 66.5 Å². The third-order valence-electron chi connectivity index (χ3n) is 4.29. The lowest BCUT2D eigenvalue weighted by molar-refractivity contribution is -0.122. The number of amides is 3. The van der Waals surface area contributed by atoms with Gasteiger partial charge in [-0.25, -0.2) is 4.39 Å². The zero-order valence-electron chi connectivity index (χ0n) is 15.1. The number of hydrogen-bond acceptors (Lipinski definition) is 5. The molecule has 29 heavy (non-hydrogen) atoms. The van der Waals surface area contributed by atoms with Crippen molar-refractivity contribution in [3.05, 3.63) is 75.8 Å². The summed E-state index contributed by atoms with van der Waals surface area (Å²) in [5.74, 6) is -1.04. The van der Waals surface area contributed by atoms with Crippen LogP contribution in [0, 0.1) is 5.82 Å². The Morgan fingerprint density at radius 1 is 1.10 bits per heavy atom. The Balaban J connectivity index is 1.37. The van der Waals surface area contributed by atoms with Gasteiger partial charge in [0.25, 0.3) is 17.1 Å². The molecule has 1 aliphatic heterocycles. The molecule has 1 fully saturated rings. The lowest BCUT2D eigenvalue weighted by atomic mass is 10.2. The number of thioether (sulfide) groups is 1. The predicted molar refractivity (Wildman–Crippen MR) is 113 cm³/mol. The number of imide groups is 1. The van der Waals surface area contributed by atoms with E-state index in [9.17, 15) is 18.8 Å². The van der Waals surface area contributed by atoms with E-state index < -0.39 is 0 Å². The molecule has 2 aromatic carbocycles. The monoisotopic (exact) mass is 426 g/mol. The van der Waals surface area contributed by atoms with Gasteiger partial charge in [0.05, 0.1) is 9.78 Å². The van der Waals surface area contributed by atoms with E-state index in [1.54, 1.807) is 18.2 Å². The van der Waals surface area contributed by atoms with Crippen molar-refractivity contribution in [3.8, 4) is 0 Å². The molecule has 0 aliphatic carbocycles. The van der Waals surface area contributed by atoms with Gasteiger partial charge in [0.15, 0.2) is 0 Å². The standard InChI is InChI=1S/C21H15FN2O3S2/c22-15-6-7-16-14(11-15)12-17(28-16)19(25)23-8-9-24-20(26)18(29-21(24)27)10-13-4-2-1-3-5-13/h1-7,10-12H,8-9H2,(H,23,25)/b18-10-. The number of nitrogens with zero attached hydrogens (tertiary/aromatic N) is 1. The van der Waals surface area contributed by atoms with Crippen LogP contribution in [0.15, 0.2) is 59.5 Å². The average molecular weight is 426 g/mol. The maximum atomic E-state index is 13.3. The van der Waals surface area contributed by atoms with Crippen LogP contribution in [0.1, 0.15) is 15.2 Å². The third kappa shape index (κ3) is 4.23. The quantitative estimate of drug-likeness (QED) is 0.610. The Labute approximate surface area is 174 Å². The normalized spacial score (nSPS) is 15.5. The molecule has 1 aromatic heterocycles. The van der Waals surface area contributed by atoms with Gasteiger partial charge in [-0.05, 0) is 53.1 Å². The fourth-order valence-corrected chi connectivity index (χ4v) is 4.71. The summed E-state index contributed by atoms with van der Waals surface area (Å²) in [5, 5.41) is 3.02. The van der Waals surface area contributed by atoms with Gasteiger partial charge in [0.2, 0.25) is 0 Å². The molecule has 146 valence electrons. The highest BCUT2D eigenvalue weighted by Crippen LogP contribution is 2.32. The predicted octanol–water partition coefficient (Wildman–Crippen LogP) is 4.51. The smallest absolute Gasteiger partial charge is 0.293 e. The number of nitrogens with one attached hydrogen (secondary N) is 1. The average Bonchev–Trinajstić information content (AvgIpc) is 3.24. The molecule has 1 N–H and O–H groups in total. The van der Waals surface area contributed by atoms with Crippen LogP contribution in [-0.4, -0.2) is 35.0 Å². The lowest BCUT2D eigenvalue weighted by Crippen LogP contribution is -2.37. The molecule has 3 amide bonds. The molecule has 8 heteroatoms. The molecule has 1 aliphatic rings. The molecule has 4 rings (SSSR count). The Bertz CT molecular complexity index is 1140. The zero-order valence-corrected chi connectivity index (χ0v) is 16.7. The highest BCUT2D eigenvalue weighted by atomic mass is 32.2. The lowest BCUT2D eigenvalue weighted by Gasteiger charge is -2.12. The number of rotatable bonds is 5. The van der Waals surface area contributed by atoms with Gasteiger partial charge in [-0.3, -0.25) is 19.3 Å². The maximum Gasteiger partial charge on any atom is 0.293 e. The first-order valence-corrected chi connectivity index (χ1v) is 10.4. The minimum absolute atomic E-state index is 0.0854. The van der Waals surface area contributed by atoms with Gasteiger partial charge in [-0.15, -0.1) is 11.3 Å². The Kier molecular flexibility index (Phi) is 5.46. The van der Waals surface area contributed by atoms with Crippen LogP contribution >= 0.6 is 23.1 Å². The Hall–Kier alpha value is -2.97. The Morgan fingerprint density at radius 3 is 2.69 bits per heavy atom. The van der Waals surface area contributed by atoms with Crippen molar-refractivity contribution in [1.29, 1.82) is 0 Å². The summed E-state index contributed by atoms with van der Waals surface area (Å²) in [6, 6.07) is 15.3. The van der Waals surface area contributed by atoms with Crippen LogP contribution in [0.3, 0.4) is 0 Å². The van der Waals surface area contributed by atoms with Gasteiger partial charge in [-0.2, -0.15) is 0 Å². The van der Waals surface area contributed by atoms with Crippen LogP contribution in [0.25, 0.3) is 16.2 Å². The summed E-state index contributed by atoms with van der Waals surface area (Å²) in [5.41, 5.74) is 0.840. The zero-order chi connectivity index (χ0) is 20.4. The van der Waals surface area contributed by atoms with Crippen LogP contribution in [0.5, 0.6) is 0 Å². The summed E-state index contributed by atoms with van der Waals surface area (Å²) in [4.78, 5) is 38.9. The number of halogens is 1. The molecule has 0 unspecified atom stereocenters. The van der Waals surface area contributed by atoms with Gasteiger partial charge >= 0.3 is 0 Å². The number of thiophene rings is 1. The first-order valence-electron chi connectivity index (χ1n) is 8.79. The number of fused-ring (bicyclic) bond motifs is 1. The van der Waals surface area contributed by atoms with E-state index in [0.717, 1.165) is 26.9 Å². The van der Waals surface area contributed by atoms with Gasteiger partial charge in [0.1, 0.15) is 5.82 Å². The molecule has 3 aromatic rings. The summed E-state index contributed by atoms with van der Waals surface area (Å²) in [6.07, 6.45) is 1.68. The number of carbonyl (C=O) groups is 3. The maximum absolute atomic E-state index is 13.3. The fraction of sp³-hybridized carbons (Fsp3) is 0.0952. The number of carbonyl (C=O) groups excluding carboxylic acids is 3. The van der Waals surface area contributed by atoms with Crippen molar-refractivity contribution in [2.45, 2.75) is 0 Å². The second-order valence-electron chi connectivity index (χ2n) is 6.29. The van der Waals surface area contributed by atoms with Crippen molar-refractivity contribution < 1.29 is 18.8 Å². The highest BCUT2D eigenvalue weighted by molar-refractivity contribution is 8.18. The van der Waals surface area contributed by atoms with Crippen molar-refractivity contribution in [2.75, 3.05) is 13.1 Å². The van der Waals surface area contributed by atoms with E-state index in [4.69, 9.17) is 0 Å². The minimum Gasteiger partial charge on any atom is -0.350 e. The third-order valence-corrected chi connectivity index (χ3v) is 6.32. The van der Waals surface area contributed by atoms with Crippen molar-refractivity contribution >= 4 is 56.3 Å². The first kappa shape index (κ1) is 19.4. The van der Waals surface area contributed by atoms with E-state index in [0.29, 0.717) is 15.2 Å². The first-order chi connectivity index (χ1) is 14.0. The molecule has 2 heterocycles. The second kappa shape index (κ2) is 8.18. The van der Waals surface area contributed by atoms with Crippen molar-refractivity contribution in [3.63, 3.8) is 0 Å². The molecule has 0 saturated carbocycles. The summed E-state index contributed by atoms with van der Waals surface area (Å²) >= 11 is 2.15. The van der Waals surface area contributed by atoms with Crippen LogP contribution < -0.4 is 5.32 Å². The largest absolute Gasteiger partial charge is 0.350 e. The van der Waals surface area contributed by atoms with Crippen LogP contribution in [0.4, 0.5) is 9.18 Å². The fourth-order valence-electron chi connectivity index (χ4n) is 2.89. The number of benzene rings is 2. The molecule has 0 spiro atoms. The molecular formula is C21H15FN2O3S2. The van der Waals surface area contributed by atoms with Crippen LogP contribution in [0.2, 0.25) is 0 Å². The SMILES string of the molecule is O=C(NCCN1C(=O)S/C(=C\c2ccccc2)C1=O)c1cc2cc(F)ccc2s1. The van der Waals surface area contributed by atoms with Crippen LogP contribution in [-0.2, 0) is 4.79 Å². The molecule has 5 nitrogen and oxygen atoms in total. The van der Waals surface area contributed by atoms with Gasteiger partial charge in [0, 0.05) is 17.8 Å². The van der Waals surface area contributed by atoms with Crippen molar-refractivity contribution in [2.24, 2.45) is 0 Å². The minimum atomic E-state index is -0.365. The highest BCUT2D eigenvalue weighted by Gasteiger charge is 2.34. The molecule has 0 atom stereocenters. The van der Waals surface area contributed by atoms with E-state index in [1.165, 1.54) is 23.5 Å². The van der Waals surface area contributed by atoms with E-state index in [1.807, 2.05) is 30.3 Å². The summed E-state index contributed by atoms with van der Waals surface area (Å²) in [6.45, 7) is 0.222. The van der Waals surface area contributed by atoms with E-state index in [2.05, 4.69) is 5.32 Å². The second-order valence-corrected chi connectivity index (χ2v) is 8.37. The molecular weight excluding hydrogens is 411 g/mol. The summed E-state index contributed by atoms with van der Waals surface area (Å²) < 4.78 is 14.1. The molecule has 0 bridgehead atoms. The van der Waals surface area contributed by atoms with Gasteiger partial charge < -0.3 is 5.32 Å². The van der Waals surface area contributed by atoms with E-state index in [-0.39, 0.29) is 36.0 Å². The molecule has 0 radical (unpaired) electrons. The Morgan fingerprint density at radius 2 is 1.90 bits per heavy atom.